The smallest absolute Gasteiger partial charge is 0.350 e. The van der Waals surface area contributed by atoms with Crippen molar-refractivity contribution in [3.8, 4) is 0 Å². The first-order valence-electron chi connectivity index (χ1n) is 8.51. The van der Waals surface area contributed by atoms with E-state index < -0.39 is 0 Å². The normalized spacial score (nSPS) is 15.7. The summed E-state index contributed by atoms with van der Waals surface area (Å²) in [5, 5.41) is 0.881. The third-order valence-electron chi connectivity index (χ3n) is 4.18. The first-order valence-corrected chi connectivity index (χ1v) is 8.51. The number of rotatable bonds is 8. The molecule has 1 saturated carbocycles. The highest BCUT2D eigenvalue weighted by atomic mass is 16.3. The van der Waals surface area contributed by atoms with Gasteiger partial charge >= 0.3 is 5.69 Å². The Morgan fingerprint density at radius 1 is 1.09 bits per heavy atom. The third kappa shape index (κ3) is 4.04. The summed E-state index contributed by atoms with van der Waals surface area (Å²) in [6.45, 7) is 2.94. The maximum absolute atomic E-state index is 12.1. The molecule has 4 heteroatoms. The van der Waals surface area contributed by atoms with Crippen molar-refractivity contribution in [1.82, 2.24) is 9.55 Å². The fourth-order valence-electron chi connectivity index (χ4n) is 2.85. The summed E-state index contributed by atoms with van der Waals surface area (Å²) in [7, 11) is 0. The Morgan fingerprint density at radius 3 is 2.61 bits per heavy atom. The highest BCUT2D eigenvalue weighted by Gasteiger charge is 2.23. The zero-order chi connectivity index (χ0) is 16.1. The maximum Gasteiger partial charge on any atom is 0.350 e. The van der Waals surface area contributed by atoms with Crippen molar-refractivity contribution in [3.63, 3.8) is 0 Å². The molecule has 1 aliphatic carbocycles. The molecule has 0 spiro atoms. The van der Waals surface area contributed by atoms with Gasteiger partial charge in [-0.2, -0.15) is 4.98 Å². The highest BCUT2D eigenvalue weighted by Crippen LogP contribution is 2.32. The second-order valence-electron chi connectivity index (χ2n) is 6.03. The Bertz CT molecular complexity index is 680. The van der Waals surface area contributed by atoms with Crippen LogP contribution in [0.15, 0.2) is 21.5 Å². The number of hydrogen-bond donors (Lipinski definition) is 0. The molecule has 2 aromatic heterocycles. The molecule has 3 rings (SSSR count). The lowest BCUT2D eigenvalue weighted by Crippen LogP contribution is -2.22. The predicted octanol–water partition coefficient (Wildman–Crippen LogP) is 4.10. The van der Waals surface area contributed by atoms with Crippen LogP contribution in [0.4, 0.5) is 0 Å². The highest BCUT2D eigenvalue weighted by molar-refractivity contribution is 5.74. The molecule has 0 bridgehead atoms. The number of unbranched alkanes of at least 4 members (excludes halogenated alkanes) is 5. The van der Waals surface area contributed by atoms with E-state index in [1.165, 1.54) is 25.7 Å². The van der Waals surface area contributed by atoms with Crippen LogP contribution in [0.5, 0.6) is 0 Å². The van der Waals surface area contributed by atoms with Crippen LogP contribution in [0.2, 0.25) is 0 Å². The van der Waals surface area contributed by atoms with Crippen molar-refractivity contribution in [3.05, 3.63) is 60.1 Å². The summed E-state index contributed by atoms with van der Waals surface area (Å²) in [5.74, 6) is 1.77. The van der Waals surface area contributed by atoms with E-state index in [4.69, 9.17) is 4.42 Å². The van der Waals surface area contributed by atoms with Gasteiger partial charge in [0.15, 0.2) is 0 Å². The van der Waals surface area contributed by atoms with E-state index in [1.54, 1.807) is 4.57 Å². The van der Waals surface area contributed by atoms with Crippen LogP contribution in [-0.4, -0.2) is 9.55 Å². The van der Waals surface area contributed by atoms with Gasteiger partial charge in [-0.15, -0.1) is 0 Å². The minimum Gasteiger partial charge on any atom is -0.442 e. The van der Waals surface area contributed by atoms with Crippen LogP contribution in [-0.2, 0) is 6.54 Å². The molecule has 121 valence electrons. The summed E-state index contributed by atoms with van der Waals surface area (Å²) < 4.78 is 7.39. The van der Waals surface area contributed by atoms with Gasteiger partial charge < -0.3 is 4.42 Å². The summed E-state index contributed by atoms with van der Waals surface area (Å²) in [6.07, 6.45) is 17.0. The number of furan rings is 1. The predicted molar refractivity (Wildman–Crippen MR) is 91.2 cm³/mol. The molecule has 0 aromatic carbocycles. The van der Waals surface area contributed by atoms with Gasteiger partial charge in [0.2, 0.25) is 5.71 Å². The van der Waals surface area contributed by atoms with Crippen LogP contribution < -0.4 is 5.69 Å². The van der Waals surface area contributed by atoms with Gasteiger partial charge in [-0.05, 0) is 38.2 Å². The van der Waals surface area contributed by atoms with E-state index in [0.717, 1.165) is 36.5 Å². The molecule has 0 saturated heterocycles. The first-order chi connectivity index (χ1) is 11.3. The fourth-order valence-corrected chi connectivity index (χ4v) is 2.85. The van der Waals surface area contributed by atoms with E-state index in [-0.39, 0.29) is 5.69 Å². The first kappa shape index (κ1) is 16.3. The number of nitrogens with zero attached hydrogens (tertiary/aromatic N) is 2. The summed E-state index contributed by atoms with van der Waals surface area (Å²) in [5.41, 5.74) is 0.194. The zero-order valence-electron chi connectivity index (χ0n) is 13.6. The number of aromatic nitrogens is 2. The Labute approximate surface area is 137 Å². The molecule has 2 aromatic rings. The lowest BCUT2D eigenvalue weighted by Gasteiger charge is -2.04. The van der Waals surface area contributed by atoms with Crippen LogP contribution in [0.3, 0.4) is 0 Å². The van der Waals surface area contributed by atoms with E-state index in [2.05, 4.69) is 11.9 Å². The van der Waals surface area contributed by atoms with Crippen molar-refractivity contribution in [2.45, 2.75) is 52.0 Å². The molecule has 23 heavy (non-hydrogen) atoms. The van der Waals surface area contributed by atoms with Crippen LogP contribution in [0, 0.1) is 31.6 Å². The molecule has 0 atom stereocenters. The Hall–Kier alpha value is -1.58. The van der Waals surface area contributed by atoms with E-state index in [1.807, 2.05) is 37.9 Å². The molecular weight excluding hydrogens is 288 g/mol. The van der Waals surface area contributed by atoms with E-state index in [9.17, 15) is 4.79 Å². The zero-order valence-corrected chi connectivity index (χ0v) is 13.6. The number of fused-ring (bicyclic) bond motifs is 1. The van der Waals surface area contributed by atoms with Crippen molar-refractivity contribution < 1.29 is 4.42 Å². The molecule has 0 amide bonds. The van der Waals surface area contributed by atoms with Gasteiger partial charge in [0.1, 0.15) is 5.76 Å². The van der Waals surface area contributed by atoms with E-state index in [0.29, 0.717) is 5.71 Å². The van der Waals surface area contributed by atoms with Crippen LogP contribution >= 0.6 is 0 Å². The van der Waals surface area contributed by atoms with Gasteiger partial charge in [0.25, 0.3) is 0 Å². The Kier molecular flexibility index (Phi) is 5.52. The van der Waals surface area contributed by atoms with Gasteiger partial charge in [0, 0.05) is 18.7 Å². The quantitative estimate of drug-likeness (QED) is 0.689. The lowest BCUT2D eigenvalue weighted by atomic mass is 10.1. The minimum absolute atomic E-state index is 0.227. The average Bonchev–Trinajstić information content (AvgIpc) is 3.19. The molecular formula is C19H23N2O2. The van der Waals surface area contributed by atoms with Crippen molar-refractivity contribution in [2.24, 2.45) is 0 Å². The van der Waals surface area contributed by atoms with E-state index >= 15 is 0 Å². The SMILES string of the molecule is CCCCCCCCn1cc2cc([C]3[CH][CH][CH][CH]3)oc2nc1=O. The lowest BCUT2D eigenvalue weighted by molar-refractivity contribution is 0.535. The molecule has 0 unspecified atom stereocenters. The second kappa shape index (κ2) is 7.80. The summed E-state index contributed by atoms with van der Waals surface area (Å²) in [4.78, 5) is 16.2. The molecule has 5 radical (unpaired) electrons. The van der Waals surface area contributed by atoms with Gasteiger partial charge in [0.05, 0.1) is 5.39 Å². The Morgan fingerprint density at radius 2 is 1.83 bits per heavy atom. The van der Waals surface area contributed by atoms with Crippen molar-refractivity contribution >= 4 is 11.1 Å². The fraction of sp³-hybridized carbons (Fsp3) is 0.421. The molecule has 1 aliphatic rings. The number of aryl methyl sites for hydroxylation is 1. The molecule has 0 N–H and O–H groups in total. The largest absolute Gasteiger partial charge is 0.442 e. The Balaban J connectivity index is 1.64. The van der Waals surface area contributed by atoms with Crippen LogP contribution in [0.25, 0.3) is 11.1 Å². The molecule has 2 heterocycles. The van der Waals surface area contributed by atoms with Crippen molar-refractivity contribution in [2.75, 3.05) is 0 Å². The number of hydrogen-bond acceptors (Lipinski definition) is 3. The molecule has 1 fully saturated rings. The summed E-state index contributed by atoms with van der Waals surface area (Å²) >= 11 is 0. The van der Waals surface area contributed by atoms with Crippen molar-refractivity contribution in [1.29, 1.82) is 0 Å². The third-order valence-corrected chi connectivity index (χ3v) is 4.18. The second-order valence-corrected chi connectivity index (χ2v) is 6.03. The summed E-state index contributed by atoms with van der Waals surface area (Å²) in [6, 6.07) is 1.95. The standard InChI is InChI=1S/C19H23N2O2/c1-2-3-4-5-6-9-12-21-14-16-13-17(15-10-7-8-11-15)23-18(16)20-19(21)22/h7-8,10-11,13-14H,2-6,9,12H2,1H3. The maximum atomic E-state index is 12.1. The molecule has 0 aliphatic heterocycles. The van der Waals surface area contributed by atoms with Crippen LogP contribution in [0.1, 0.15) is 51.2 Å². The monoisotopic (exact) mass is 311 g/mol. The minimum atomic E-state index is -0.227. The van der Waals surface area contributed by atoms with Gasteiger partial charge in [-0.3, -0.25) is 4.57 Å². The average molecular weight is 311 g/mol. The van der Waals surface area contributed by atoms with Gasteiger partial charge in [-0.25, -0.2) is 4.79 Å². The molecule has 4 nitrogen and oxygen atoms in total. The van der Waals surface area contributed by atoms with Gasteiger partial charge in [-0.1, -0.05) is 39.0 Å². The topological polar surface area (TPSA) is 48.0 Å².